The molecule has 1 unspecified atom stereocenters. The van der Waals surface area contributed by atoms with Gasteiger partial charge in [0.15, 0.2) is 6.10 Å². The van der Waals surface area contributed by atoms with Crippen LogP contribution in [-0.2, 0) is 28.6 Å². The molecule has 404 valence electrons. The second-order valence-electron chi connectivity index (χ2n) is 20.6. The van der Waals surface area contributed by atoms with E-state index < -0.39 is 6.10 Å². The summed E-state index contributed by atoms with van der Waals surface area (Å²) in [5, 5.41) is 0. The van der Waals surface area contributed by atoms with Crippen molar-refractivity contribution in [1.82, 2.24) is 0 Å². The van der Waals surface area contributed by atoms with Crippen LogP contribution in [0.3, 0.4) is 0 Å². The van der Waals surface area contributed by atoms with Gasteiger partial charge in [-0.25, -0.2) is 0 Å². The zero-order chi connectivity index (χ0) is 50.0. The van der Waals surface area contributed by atoms with Gasteiger partial charge in [0, 0.05) is 19.3 Å². The minimum Gasteiger partial charge on any atom is -0.462 e. The summed E-state index contributed by atoms with van der Waals surface area (Å²) in [5.74, 6) is -0.878. The van der Waals surface area contributed by atoms with Crippen LogP contribution in [0, 0.1) is 0 Å². The fourth-order valence-electron chi connectivity index (χ4n) is 8.96. The molecule has 0 aromatic carbocycles. The van der Waals surface area contributed by atoms with Gasteiger partial charge in [0.2, 0.25) is 0 Å². The Morgan fingerprint density at radius 2 is 0.478 bits per heavy atom. The van der Waals surface area contributed by atoms with Crippen LogP contribution in [0.1, 0.15) is 329 Å². The van der Waals surface area contributed by atoms with E-state index in [2.05, 4.69) is 57.2 Å². The molecule has 69 heavy (non-hydrogen) atoms. The number of rotatable bonds is 56. The van der Waals surface area contributed by atoms with Crippen LogP contribution >= 0.6 is 0 Å². The lowest BCUT2D eigenvalue weighted by Gasteiger charge is -2.18. The van der Waals surface area contributed by atoms with E-state index in [1.807, 2.05) is 0 Å². The molecular weight excluding hydrogens is 853 g/mol. The first-order valence-electron chi connectivity index (χ1n) is 30.5. The summed E-state index contributed by atoms with van der Waals surface area (Å²) in [7, 11) is 0. The summed E-state index contributed by atoms with van der Waals surface area (Å²) >= 11 is 0. The van der Waals surface area contributed by atoms with Gasteiger partial charge in [-0.2, -0.15) is 0 Å². The third-order valence-corrected chi connectivity index (χ3v) is 13.6. The van der Waals surface area contributed by atoms with Gasteiger partial charge in [-0.05, 0) is 96.3 Å². The van der Waals surface area contributed by atoms with Gasteiger partial charge in [-0.3, -0.25) is 14.4 Å². The standard InChI is InChI=1S/C63H116O6/c1-4-7-10-13-16-19-22-25-27-29-30-31-32-33-34-35-37-38-41-44-47-50-53-56-62(65)68-59-60(58-67-61(64)55-52-49-46-43-40-24-21-18-15-12-9-6-3)69-63(66)57-54-51-48-45-42-39-36-28-26-23-20-17-14-11-8-5-2/h18,21,28-30,36,60H,4-17,19-20,22-27,31-35,37-59H2,1-3H3/b21-18-,30-29-,36-28-. The smallest absolute Gasteiger partial charge is 0.306 e. The molecule has 0 saturated carbocycles. The van der Waals surface area contributed by atoms with Crippen molar-refractivity contribution in [2.45, 2.75) is 335 Å². The lowest BCUT2D eigenvalue weighted by Crippen LogP contribution is -2.30. The molecule has 6 heteroatoms. The molecule has 0 aromatic rings. The number of hydrogen-bond acceptors (Lipinski definition) is 6. The zero-order valence-electron chi connectivity index (χ0n) is 46.3. The molecule has 0 aliphatic heterocycles. The van der Waals surface area contributed by atoms with Gasteiger partial charge >= 0.3 is 17.9 Å². The lowest BCUT2D eigenvalue weighted by molar-refractivity contribution is -0.167. The predicted molar refractivity (Wildman–Crippen MR) is 298 cm³/mol. The summed E-state index contributed by atoms with van der Waals surface area (Å²) < 4.78 is 16.9. The van der Waals surface area contributed by atoms with E-state index in [4.69, 9.17) is 14.2 Å². The van der Waals surface area contributed by atoms with Crippen LogP contribution in [-0.4, -0.2) is 37.2 Å². The number of carbonyl (C=O) groups excluding carboxylic acids is 3. The number of hydrogen-bond donors (Lipinski definition) is 0. The first-order chi connectivity index (χ1) is 34.0. The summed E-state index contributed by atoms with van der Waals surface area (Å²) in [6, 6.07) is 0. The lowest BCUT2D eigenvalue weighted by atomic mass is 10.0. The van der Waals surface area contributed by atoms with Gasteiger partial charge in [0.25, 0.3) is 0 Å². The number of ether oxygens (including phenoxy) is 3. The topological polar surface area (TPSA) is 78.9 Å². The quantitative estimate of drug-likeness (QED) is 0.0261. The average molecular weight is 970 g/mol. The Kier molecular flexibility index (Phi) is 56.2. The highest BCUT2D eigenvalue weighted by atomic mass is 16.6. The van der Waals surface area contributed by atoms with E-state index in [0.717, 1.165) is 70.6 Å². The Morgan fingerprint density at radius 3 is 0.754 bits per heavy atom. The van der Waals surface area contributed by atoms with Gasteiger partial charge in [-0.15, -0.1) is 0 Å². The third kappa shape index (κ3) is 56.4. The van der Waals surface area contributed by atoms with Crippen molar-refractivity contribution < 1.29 is 28.6 Å². The van der Waals surface area contributed by atoms with Crippen LogP contribution in [0.4, 0.5) is 0 Å². The van der Waals surface area contributed by atoms with Gasteiger partial charge < -0.3 is 14.2 Å². The summed E-state index contributed by atoms with van der Waals surface area (Å²) in [6.07, 6.45) is 70.0. The second-order valence-corrected chi connectivity index (χ2v) is 20.6. The zero-order valence-corrected chi connectivity index (χ0v) is 46.3. The Labute approximate surface area is 429 Å². The van der Waals surface area contributed by atoms with E-state index >= 15 is 0 Å². The average Bonchev–Trinajstić information content (AvgIpc) is 3.35. The highest BCUT2D eigenvalue weighted by Gasteiger charge is 2.19. The van der Waals surface area contributed by atoms with E-state index in [9.17, 15) is 14.4 Å². The molecule has 0 aliphatic carbocycles. The molecular formula is C63H116O6. The maximum absolute atomic E-state index is 12.9. The Morgan fingerprint density at radius 1 is 0.275 bits per heavy atom. The van der Waals surface area contributed by atoms with Crippen molar-refractivity contribution in [3.8, 4) is 0 Å². The van der Waals surface area contributed by atoms with Crippen LogP contribution in [0.2, 0.25) is 0 Å². The number of carbonyl (C=O) groups is 3. The van der Waals surface area contributed by atoms with E-state index in [1.54, 1.807) is 0 Å². The van der Waals surface area contributed by atoms with Crippen molar-refractivity contribution >= 4 is 17.9 Å². The molecule has 0 N–H and O–H groups in total. The number of unbranched alkanes of at least 4 members (excludes halogenated alkanes) is 39. The largest absolute Gasteiger partial charge is 0.462 e. The molecule has 0 spiro atoms. The van der Waals surface area contributed by atoms with Crippen molar-refractivity contribution in [1.29, 1.82) is 0 Å². The molecule has 0 aromatic heterocycles. The Bertz CT molecular complexity index is 1160. The Hall–Kier alpha value is -2.37. The minimum absolute atomic E-state index is 0.0760. The molecule has 0 bridgehead atoms. The van der Waals surface area contributed by atoms with E-state index in [1.165, 1.54) is 218 Å². The third-order valence-electron chi connectivity index (χ3n) is 13.6. The number of esters is 3. The van der Waals surface area contributed by atoms with E-state index in [0.29, 0.717) is 19.3 Å². The predicted octanol–water partition coefficient (Wildman–Crippen LogP) is 20.4. The monoisotopic (exact) mass is 969 g/mol. The van der Waals surface area contributed by atoms with Crippen molar-refractivity contribution in [3.63, 3.8) is 0 Å². The van der Waals surface area contributed by atoms with Crippen LogP contribution in [0.5, 0.6) is 0 Å². The first-order valence-corrected chi connectivity index (χ1v) is 30.5. The van der Waals surface area contributed by atoms with Crippen molar-refractivity contribution in [2.75, 3.05) is 13.2 Å². The van der Waals surface area contributed by atoms with E-state index in [-0.39, 0.29) is 31.1 Å². The molecule has 0 saturated heterocycles. The molecule has 0 radical (unpaired) electrons. The molecule has 0 aliphatic rings. The van der Waals surface area contributed by atoms with Gasteiger partial charge in [0.05, 0.1) is 0 Å². The molecule has 0 heterocycles. The Balaban J connectivity index is 4.27. The van der Waals surface area contributed by atoms with Gasteiger partial charge in [0.1, 0.15) is 13.2 Å². The molecule has 6 nitrogen and oxygen atoms in total. The van der Waals surface area contributed by atoms with Crippen LogP contribution in [0.25, 0.3) is 0 Å². The highest BCUT2D eigenvalue weighted by molar-refractivity contribution is 5.71. The SMILES string of the molecule is CCCCC/C=C\CCCCCCCC(=O)OCC(COC(=O)CCCCCCCCCCCCC/C=C\CCCCCCCCCC)OC(=O)CCCCCCC/C=C\CCCCCCCCC. The fraction of sp³-hybridized carbons (Fsp3) is 0.857. The van der Waals surface area contributed by atoms with Crippen LogP contribution in [0.15, 0.2) is 36.5 Å². The summed E-state index contributed by atoms with van der Waals surface area (Å²) in [5.41, 5.74) is 0. The highest BCUT2D eigenvalue weighted by Crippen LogP contribution is 2.16. The van der Waals surface area contributed by atoms with Gasteiger partial charge in [-0.1, -0.05) is 250 Å². The molecule has 0 fully saturated rings. The summed E-state index contributed by atoms with van der Waals surface area (Å²) in [6.45, 7) is 6.64. The van der Waals surface area contributed by atoms with Crippen LogP contribution < -0.4 is 0 Å². The van der Waals surface area contributed by atoms with Crippen molar-refractivity contribution in [3.05, 3.63) is 36.5 Å². The first kappa shape index (κ1) is 66.6. The number of allylic oxidation sites excluding steroid dienone is 6. The second kappa shape index (κ2) is 58.2. The fourth-order valence-corrected chi connectivity index (χ4v) is 8.96. The molecule has 1 atom stereocenters. The molecule has 0 rings (SSSR count). The maximum atomic E-state index is 12.9. The summed E-state index contributed by atoms with van der Waals surface area (Å²) in [4.78, 5) is 38.2. The minimum atomic E-state index is -0.778. The maximum Gasteiger partial charge on any atom is 0.306 e. The van der Waals surface area contributed by atoms with Crippen molar-refractivity contribution in [2.24, 2.45) is 0 Å². The normalized spacial score (nSPS) is 12.2. The molecule has 0 amide bonds.